The summed E-state index contributed by atoms with van der Waals surface area (Å²) in [6.45, 7) is 4.08. The van der Waals surface area contributed by atoms with Gasteiger partial charge in [0, 0.05) is 12.3 Å². The minimum absolute atomic E-state index is 0.00738. The zero-order valence-electron chi connectivity index (χ0n) is 9.72. The lowest BCUT2D eigenvalue weighted by atomic mass is 9.59. The average Bonchev–Trinajstić information content (AvgIpc) is 2.55. The lowest BCUT2D eigenvalue weighted by Gasteiger charge is -2.39. The molecule has 0 bridgehead atoms. The zero-order chi connectivity index (χ0) is 12.0. The van der Waals surface area contributed by atoms with Crippen LogP contribution in [-0.2, 0) is 4.79 Å². The molecule has 17 heavy (non-hydrogen) atoms. The van der Waals surface area contributed by atoms with Gasteiger partial charge < -0.3 is 5.32 Å². The van der Waals surface area contributed by atoms with Gasteiger partial charge in [0.25, 0.3) is 0 Å². The molecule has 3 fully saturated rings. The summed E-state index contributed by atoms with van der Waals surface area (Å²) in [6, 6.07) is 0.495. The van der Waals surface area contributed by atoms with Crippen molar-refractivity contribution in [1.29, 1.82) is 0 Å². The van der Waals surface area contributed by atoms with Crippen LogP contribution in [0.3, 0.4) is 0 Å². The summed E-state index contributed by atoms with van der Waals surface area (Å²) in [6.07, 6.45) is 8.09. The molecule has 0 aromatic rings. The molecule has 0 aromatic carbocycles. The van der Waals surface area contributed by atoms with E-state index in [1.165, 1.54) is 24.8 Å². The lowest BCUT2D eigenvalue weighted by molar-refractivity contribution is -0.130. The van der Waals surface area contributed by atoms with Gasteiger partial charge in [-0.15, -0.1) is 5.82 Å². The van der Waals surface area contributed by atoms with E-state index in [1.54, 1.807) is 0 Å². The molecule has 1 saturated heterocycles. The molecule has 1 heterocycles. The number of fused-ring (bicyclic) bond motifs is 2. The van der Waals surface area contributed by atoms with E-state index >= 15 is 0 Å². The van der Waals surface area contributed by atoms with E-state index in [4.69, 9.17) is 0 Å². The van der Waals surface area contributed by atoms with Crippen molar-refractivity contribution in [1.82, 2.24) is 5.32 Å². The van der Waals surface area contributed by atoms with Gasteiger partial charge in [-0.2, -0.15) is 0 Å². The van der Waals surface area contributed by atoms with Crippen LogP contribution in [0.4, 0.5) is 0 Å². The molecule has 3 heteroatoms. The highest BCUT2D eigenvalue weighted by molar-refractivity contribution is 6.18. The van der Waals surface area contributed by atoms with Crippen LogP contribution in [0.5, 0.6) is 0 Å². The van der Waals surface area contributed by atoms with E-state index in [9.17, 15) is 4.79 Å². The van der Waals surface area contributed by atoms with Crippen LogP contribution in [0.25, 0.3) is 0 Å². The SMILES string of the molecule is [BH3-][C+]1CCC2C(C1)NC(=O)C21CCC(=C)CC1. The molecular formula is C14H22BNO. The Morgan fingerprint density at radius 2 is 2.12 bits per heavy atom. The normalized spacial score (nSPS) is 35.9. The Kier molecular flexibility index (Phi) is 2.53. The fourth-order valence-corrected chi connectivity index (χ4v) is 3.80. The van der Waals surface area contributed by atoms with Crippen LogP contribution in [-0.4, -0.2) is 19.8 Å². The number of amides is 1. The highest BCUT2D eigenvalue weighted by atomic mass is 16.2. The minimum atomic E-state index is -0.00738. The quantitative estimate of drug-likeness (QED) is 0.380. The van der Waals surface area contributed by atoms with Gasteiger partial charge in [0.2, 0.25) is 5.91 Å². The summed E-state index contributed by atoms with van der Waals surface area (Å²) in [5.74, 6) is 2.81. The third-order valence-corrected chi connectivity index (χ3v) is 4.81. The number of carbonyl (C=O) groups is 1. The Hall–Kier alpha value is -0.855. The molecule has 3 rings (SSSR count). The van der Waals surface area contributed by atoms with Crippen LogP contribution in [0.15, 0.2) is 12.2 Å². The molecule has 1 aliphatic heterocycles. The van der Waals surface area contributed by atoms with Gasteiger partial charge in [0.05, 0.1) is 17.9 Å². The molecule has 3 aliphatic rings. The summed E-state index contributed by atoms with van der Waals surface area (Å²) in [7, 11) is 0.385. The Labute approximate surface area is 105 Å². The molecule has 2 saturated carbocycles. The number of nitrogens with one attached hydrogen (secondary N) is 1. The van der Waals surface area contributed by atoms with Gasteiger partial charge >= 0.3 is 0 Å². The Balaban J connectivity index is 1.84. The van der Waals surface area contributed by atoms with Gasteiger partial charge in [-0.05, 0) is 32.1 Å². The fourth-order valence-electron chi connectivity index (χ4n) is 3.80. The lowest BCUT2D eigenvalue weighted by Crippen LogP contribution is -2.39. The Morgan fingerprint density at radius 1 is 1.41 bits per heavy atom. The minimum Gasteiger partial charge on any atom is -0.348 e. The average molecular weight is 231 g/mol. The van der Waals surface area contributed by atoms with Crippen molar-refractivity contribution in [3.63, 3.8) is 0 Å². The fraction of sp³-hybridized carbons (Fsp3) is 0.714. The van der Waals surface area contributed by atoms with E-state index in [0.717, 1.165) is 25.7 Å². The van der Waals surface area contributed by atoms with Crippen LogP contribution < -0.4 is 5.32 Å². The number of hydrogen-bond donors (Lipinski definition) is 1. The van der Waals surface area contributed by atoms with E-state index in [2.05, 4.69) is 11.9 Å². The number of rotatable bonds is 0. The second-order valence-corrected chi connectivity index (χ2v) is 5.59. The monoisotopic (exact) mass is 231 g/mol. The van der Waals surface area contributed by atoms with Gasteiger partial charge in [-0.3, -0.25) is 4.79 Å². The largest absolute Gasteiger partial charge is 0.348 e. The number of allylic oxidation sites excluding steroid dienone is 1. The van der Waals surface area contributed by atoms with Crippen molar-refractivity contribution in [2.45, 2.75) is 51.0 Å². The maximum absolute atomic E-state index is 12.4. The third kappa shape index (κ3) is 1.62. The molecule has 0 radical (unpaired) electrons. The van der Waals surface area contributed by atoms with E-state index in [0.29, 0.717) is 25.7 Å². The second kappa shape index (κ2) is 3.83. The second-order valence-electron chi connectivity index (χ2n) is 5.59. The molecule has 1 N–H and O–H groups in total. The first kappa shape index (κ1) is 11.2. The first-order chi connectivity index (χ1) is 8.12. The van der Waals surface area contributed by atoms with Crippen LogP contribution in [0, 0.1) is 17.2 Å². The third-order valence-electron chi connectivity index (χ3n) is 4.81. The van der Waals surface area contributed by atoms with Crippen molar-refractivity contribution < 1.29 is 4.79 Å². The van der Waals surface area contributed by atoms with Gasteiger partial charge in [-0.25, -0.2) is 0 Å². The van der Waals surface area contributed by atoms with Crippen molar-refractivity contribution in [3.8, 4) is 0 Å². The van der Waals surface area contributed by atoms with Crippen molar-refractivity contribution in [3.05, 3.63) is 18.0 Å². The smallest absolute Gasteiger partial charge is 0.226 e. The molecule has 1 spiro atoms. The number of carbonyl (C=O) groups excluding carboxylic acids is 1. The number of hydrogen-bond acceptors (Lipinski definition) is 1. The molecule has 2 nitrogen and oxygen atoms in total. The molecule has 2 unspecified atom stereocenters. The van der Waals surface area contributed by atoms with Gasteiger partial charge in [-0.1, -0.05) is 12.2 Å². The zero-order valence-corrected chi connectivity index (χ0v) is 9.72. The van der Waals surface area contributed by atoms with Gasteiger partial charge in [0.15, 0.2) is 7.85 Å². The van der Waals surface area contributed by atoms with E-state index in [-0.39, 0.29) is 5.41 Å². The predicted octanol–water partition coefficient (Wildman–Crippen LogP) is 1.30. The Bertz CT molecular complexity index is 355. The summed E-state index contributed by atoms with van der Waals surface area (Å²) in [5, 5.41) is 3.31. The Morgan fingerprint density at radius 3 is 2.82 bits per heavy atom. The summed E-state index contributed by atoms with van der Waals surface area (Å²) < 4.78 is 0. The highest BCUT2D eigenvalue weighted by Crippen LogP contribution is 2.53. The van der Waals surface area contributed by atoms with Gasteiger partial charge in [0.1, 0.15) is 0 Å². The van der Waals surface area contributed by atoms with Crippen LogP contribution in [0.1, 0.15) is 44.9 Å². The predicted molar refractivity (Wildman–Crippen MR) is 72.5 cm³/mol. The maximum Gasteiger partial charge on any atom is 0.226 e. The van der Waals surface area contributed by atoms with Crippen molar-refractivity contribution in [2.75, 3.05) is 0 Å². The van der Waals surface area contributed by atoms with E-state index in [1.807, 2.05) is 5.82 Å². The molecular weight excluding hydrogens is 209 g/mol. The molecule has 92 valence electrons. The maximum atomic E-state index is 12.4. The molecule has 2 atom stereocenters. The molecule has 1 amide bonds. The van der Waals surface area contributed by atoms with Crippen LogP contribution >= 0.6 is 0 Å². The summed E-state index contributed by atoms with van der Waals surface area (Å²) in [4.78, 5) is 12.4. The van der Waals surface area contributed by atoms with Crippen molar-refractivity contribution in [2.24, 2.45) is 11.3 Å². The standard InChI is InChI=1S/C14H22BNO/c1-9-4-6-14(7-5-9)11-3-2-10(15)8-12(11)16-13(14)17/h11-12H,1-8H2,15H3,(H,16,17). The topological polar surface area (TPSA) is 29.1 Å². The molecule has 0 aromatic heterocycles. The summed E-state index contributed by atoms with van der Waals surface area (Å²) in [5.41, 5.74) is 1.34. The highest BCUT2D eigenvalue weighted by Gasteiger charge is 2.57. The van der Waals surface area contributed by atoms with Crippen molar-refractivity contribution >= 4 is 13.8 Å². The summed E-state index contributed by atoms with van der Waals surface area (Å²) >= 11 is 0. The van der Waals surface area contributed by atoms with Crippen LogP contribution in [0.2, 0.25) is 0 Å². The first-order valence-electron chi connectivity index (χ1n) is 6.41. The first-order valence-corrected chi connectivity index (χ1v) is 6.41. The van der Waals surface area contributed by atoms with E-state index < -0.39 is 0 Å². The molecule has 2 aliphatic carbocycles.